The molecule has 8 heteroatoms. The highest BCUT2D eigenvalue weighted by Gasteiger charge is 2.16. The van der Waals surface area contributed by atoms with E-state index in [1.165, 1.54) is 23.1 Å². The van der Waals surface area contributed by atoms with Gasteiger partial charge in [-0.1, -0.05) is 54.1 Å². The van der Waals surface area contributed by atoms with Gasteiger partial charge in [0, 0.05) is 22.5 Å². The molecule has 4 rings (SSSR count). The lowest BCUT2D eigenvalue weighted by Gasteiger charge is -2.12. The molecule has 158 valence electrons. The van der Waals surface area contributed by atoms with Crippen molar-refractivity contribution < 1.29 is 4.79 Å². The van der Waals surface area contributed by atoms with Crippen molar-refractivity contribution in [2.24, 2.45) is 0 Å². The molecule has 2 aromatic heterocycles. The van der Waals surface area contributed by atoms with E-state index < -0.39 is 0 Å². The number of rotatable bonds is 7. The highest BCUT2D eigenvalue weighted by atomic mass is 35.5. The Morgan fingerprint density at radius 1 is 1.23 bits per heavy atom. The number of fused-ring (bicyclic) bond motifs is 1. The Labute approximate surface area is 192 Å². The summed E-state index contributed by atoms with van der Waals surface area (Å²) in [6, 6.07) is 17.2. The van der Waals surface area contributed by atoms with Crippen LogP contribution in [-0.2, 0) is 17.1 Å². The van der Waals surface area contributed by atoms with E-state index >= 15 is 0 Å². The number of benzene rings is 2. The number of aromatic nitrogens is 2. The summed E-state index contributed by atoms with van der Waals surface area (Å²) < 4.78 is 0. The van der Waals surface area contributed by atoms with Crippen LogP contribution in [0.25, 0.3) is 21.3 Å². The van der Waals surface area contributed by atoms with Gasteiger partial charge in [-0.05, 0) is 30.2 Å². The van der Waals surface area contributed by atoms with Crippen LogP contribution < -0.4 is 10.9 Å². The molecule has 1 unspecified atom stereocenters. The van der Waals surface area contributed by atoms with E-state index in [1.54, 1.807) is 6.07 Å². The standard InChI is InChI=1S/C23H20ClN3O2S2/c1-14(21(28)25-11-15-6-5-9-17(24)10-15)30-13-19-26-22(29)20-18(12-31-23(20)27-19)16-7-3-2-4-8-16/h2-10,12,14H,11,13H2,1H3,(H,25,28)(H,26,27,29). The van der Waals surface area contributed by atoms with Gasteiger partial charge in [-0.2, -0.15) is 0 Å². The average Bonchev–Trinajstić information content (AvgIpc) is 3.21. The van der Waals surface area contributed by atoms with Crippen LogP contribution in [0.4, 0.5) is 0 Å². The van der Waals surface area contributed by atoms with Crippen molar-refractivity contribution in [1.29, 1.82) is 0 Å². The van der Waals surface area contributed by atoms with Gasteiger partial charge in [0.1, 0.15) is 10.7 Å². The molecule has 2 aromatic carbocycles. The fourth-order valence-electron chi connectivity index (χ4n) is 3.15. The van der Waals surface area contributed by atoms with Crippen LogP contribution >= 0.6 is 34.7 Å². The summed E-state index contributed by atoms with van der Waals surface area (Å²) in [6.07, 6.45) is 0. The van der Waals surface area contributed by atoms with Gasteiger partial charge in [0.05, 0.1) is 16.4 Å². The van der Waals surface area contributed by atoms with E-state index in [0.29, 0.717) is 33.4 Å². The summed E-state index contributed by atoms with van der Waals surface area (Å²) in [5, 5.41) is 5.84. The van der Waals surface area contributed by atoms with Crippen molar-refractivity contribution >= 4 is 50.8 Å². The first-order chi connectivity index (χ1) is 15.0. The molecule has 2 N–H and O–H groups in total. The van der Waals surface area contributed by atoms with Gasteiger partial charge in [0.25, 0.3) is 5.56 Å². The van der Waals surface area contributed by atoms with E-state index in [9.17, 15) is 9.59 Å². The fourth-order valence-corrected chi connectivity index (χ4v) is 5.11. The third kappa shape index (κ3) is 5.18. The Morgan fingerprint density at radius 3 is 2.81 bits per heavy atom. The minimum Gasteiger partial charge on any atom is -0.351 e. The van der Waals surface area contributed by atoms with Crippen molar-refractivity contribution in [3.05, 3.63) is 86.7 Å². The number of hydrogen-bond donors (Lipinski definition) is 2. The molecule has 31 heavy (non-hydrogen) atoms. The lowest BCUT2D eigenvalue weighted by Crippen LogP contribution is -2.30. The fraction of sp³-hybridized carbons (Fsp3) is 0.174. The molecule has 0 aliphatic heterocycles. The maximum Gasteiger partial charge on any atom is 0.260 e. The molecule has 0 saturated carbocycles. The Bertz CT molecular complexity index is 1270. The summed E-state index contributed by atoms with van der Waals surface area (Å²) in [5.41, 5.74) is 2.68. The molecule has 4 aromatic rings. The maximum absolute atomic E-state index is 12.7. The summed E-state index contributed by atoms with van der Waals surface area (Å²) >= 11 is 8.86. The van der Waals surface area contributed by atoms with Crippen LogP contribution in [0.2, 0.25) is 5.02 Å². The normalized spacial score (nSPS) is 12.1. The Hall–Kier alpha value is -2.61. The van der Waals surface area contributed by atoms with Gasteiger partial charge in [-0.25, -0.2) is 4.98 Å². The predicted molar refractivity (Wildman–Crippen MR) is 130 cm³/mol. The number of thioether (sulfide) groups is 1. The Morgan fingerprint density at radius 2 is 2.03 bits per heavy atom. The molecule has 1 atom stereocenters. The zero-order valence-electron chi connectivity index (χ0n) is 16.7. The molecular weight excluding hydrogens is 450 g/mol. The number of carbonyl (C=O) groups excluding carboxylic acids is 1. The molecule has 0 aliphatic carbocycles. The van der Waals surface area contributed by atoms with Crippen molar-refractivity contribution in [1.82, 2.24) is 15.3 Å². The Balaban J connectivity index is 1.40. The second kappa shape index (κ2) is 9.68. The summed E-state index contributed by atoms with van der Waals surface area (Å²) in [4.78, 5) is 33.3. The van der Waals surface area contributed by atoms with Gasteiger partial charge in [-0.3, -0.25) is 9.59 Å². The van der Waals surface area contributed by atoms with Crippen LogP contribution in [0.5, 0.6) is 0 Å². The molecule has 0 aliphatic rings. The minimum absolute atomic E-state index is 0.0733. The Kier molecular flexibility index (Phi) is 6.75. The number of H-pyrrole nitrogens is 1. The highest BCUT2D eigenvalue weighted by Crippen LogP contribution is 2.30. The minimum atomic E-state index is -0.289. The molecular formula is C23H20ClN3O2S2. The lowest BCUT2D eigenvalue weighted by atomic mass is 10.1. The second-order valence-corrected chi connectivity index (χ2v) is 9.63. The first kappa shape index (κ1) is 21.6. The van der Waals surface area contributed by atoms with Crippen LogP contribution in [0.3, 0.4) is 0 Å². The molecule has 0 saturated heterocycles. The number of amides is 1. The van der Waals surface area contributed by atoms with Crippen LogP contribution in [-0.4, -0.2) is 21.1 Å². The number of aromatic amines is 1. The SMILES string of the molecule is CC(SCc1nc2scc(-c3ccccc3)c2c(=O)[nH]1)C(=O)NCc1cccc(Cl)c1. The third-order valence-corrected chi connectivity index (χ3v) is 7.03. The number of carbonyl (C=O) groups is 1. The maximum atomic E-state index is 12.7. The number of halogens is 1. The zero-order valence-corrected chi connectivity index (χ0v) is 19.1. The van der Waals surface area contributed by atoms with E-state index in [1.807, 2.05) is 60.8 Å². The molecule has 0 spiro atoms. The highest BCUT2D eigenvalue weighted by molar-refractivity contribution is 7.99. The zero-order chi connectivity index (χ0) is 21.8. The number of hydrogen-bond acceptors (Lipinski definition) is 5. The summed E-state index contributed by atoms with van der Waals surface area (Å²) in [5.74, 6) is 0.935. The van der Waals surface area contributed by atoms with Gasteiger partial charge in [0.15, 0.2) is 0 Å². The molecule has 2 heterocycles. The molecule has 1 amide bonds. The van der Waals surface area contributed by atoms with Crippen LogP contribution in [0.15, 0.2) is 64.8 Å². The molecule has 0 radical (unpaired) electrons. The topological polar surface area (TPSA) is 74.8 Å². The monoisotopic (exact) mass is 469 g/mol. The average molecular weight is 470 g/mol. The molecule has 5 nitrogen and oxygen atoms in total. The first-order valence-corrected chi connectivity index (χ1v) is 12.0. The second-order valence-electron chi connectivity index (χ2n) is 7.01. The number of nitrogens with one attached hydrogen (secondary N) is 2. The van der Waals surface area contributed by atoms with Gasteiger partial charge in [0.2, 0.25) is 5.91 Å². The quantitative estimate of drug-likeness (QED) is 0.388. The summed E-state index contributed by atoms with van der Waals surface area (Å²) in [7, 11) is 0. The third-order valence-electron chi connectivity index (χ3n) is 4.77. The summed E-state index contributed by atoms with van der Waals surface area (Å²) in [6.45, 7) is 2.26. The smallest absolute Gasteiger partial charge is 0.260 e. The lowest BCUT2D eigenvalue weighted by molar-refractivity contribution is -0.120. The molecule has 0 fully saturated rings. The van der Waals surface area contributed by atoms with Gasteiger partial charge in [-0.15, -0.1) is 23.1 Å². The first-order valence-electron chi connectivity index (χ1n) is 9.71. The van der Waals surface area contributed by atoms with E-state index in [4.69, 9.17) is 11.6 Å². The van der Waals surface area contributed by atoms with E-state index in [-0.39, 0.29) is 16.7 Å². The number of nitrogens with zero attached hydrogens (tertiary/aromatic N) is 1. The van der Waals surface area contributed by atoms with Crippen molar-refractivity contribution in [3.63, 3.8) is 0 Å². The van der Waals surface area contributed by atoms with Crippen molar-refractivity contribution in [2.45, 2.75) is 24.5 Å². The predicted octanol–water partition coefficient (Wildman–Crippen LogP) is 5.24. The van der Waals surface area contributed by atoms with E-state index in [2.05, 4.69) is 15.3 Å². The molecule has 0 bridgehead atoms. The van der Waals surface area contributed by atoms with Crippen molar-refractivity contribution in [3.8, 4) is 11.1 Å². The van der Waals surface area contributed by atoms with E-state index in [0.717, 1.165) is 16.7 Å². The van der Waals surface area contributed by atoms with Crippen LogP contribution in [0.1, 0.15) is 18.3 Å². The number of thiophene rings is 1. The van der Waals surface area contributed by atoms with Gasteiger partial charge < -0.3 is 10.3 Å². The van der Waals surface area contributed by atoms with Crippen molar-refractivity contribution in [2.75, 3.05) is 0 Å². The van der Waals surface area contributed by atoms with Crippen LogP contribution in [0, 0.1) is 0 Å². The van der Waals surface area contributed by atoms with Gasteiger partial charge >= 0.3 is 0 Å². The largest absolute Gasteiger partial charge is 0.351 e.